The molecule has 1 N–H and O–H groups in total. The summed E-state index contributed by atoms with van der Waals surface area (Å²) in [6, 6.07) is 7.89. The number of aryl methyl sites for hydroxylation is 2. The van der Waals surface area contributed by atoms with Gasteiger partial charge in [-0.2, -0.15) is 0 Å². The number of carbonyl (C=O) groups is 1. The molecule has 5 heteroatoms. The zero-order valence-corrected chi connectivity index (χ0v) is 15.8. The Morgan fingerprint density at radius 1 is 1.22 bits per heavy atom. The fourth-order valence-corrected chi connectivity index (χ4v) is 4.18. The fraction of sp³-hybridized carbons (Fsp3) is 0.455. The number of rotatable bonds is 4. The molecule has 0 radical (unpaired) electrons. The molecule has 1 atom stereocenters. The van der Waals surface area contributed by atoms with Crippen LogP contribution >= 0.6 is 0 Å². The molecule has 0 bridgehead atoms. The van der Waals surface area contributed by atoms with Crippen LogP contribution in [-0.2, 0) is 24.1 Å². The number of fused-ring (bicyclic) bond motifs is 1. The zero-order chi connectivity index (χ0) is 18.8. The van der Waals surface area contributed by atoms with Crippen LogP contribution < -0.4 is 10.9 Å². The molecule has 5 nitrogen and oxygen atoms in total. The Kier molecular flexibility index (Phi) is 5.12. The highest BCUT2D eigenvalue weighted by molar-refractivity contribution is 6.05. The number of benzene rings is 1. The maximum absolute atomic E-state index is 13.0. The lowest BCUT2D eigenvalue weighted by Crippen LogP contribution is -2.33. The zero-order valence-electron chi connectivity index (χ0n) is 15.8. The van der Waals surface area contributed by atoms with E-state index in [4.69, 9.17) is 4.74 Å². The Labute approximate surface area is 159 Å². The van der Waals surface area contributed by atoms with Crippen LogP contribution in [0.5, 0.6) is 0 Å². The molecular formula is C22H26N2O3. The number of hydrogen-bond donors (Lipinski definition) is 1. The number of pyridine rings is 1. The summed E-state index contributed by atoms with van der Waals surface area (Å²) in [6.45, 7) is 3.06. The number of hydrogen-bond acceptors (Lipinski definition) is 3. The minimum absolute atomic E-state index is 0.0578. The van der Waals surface area contributed by atoms with E-state index in [9.17, 15) is 9.59 Å². The van der Waals surface area contributed by atoms with E-state index in [1.807, 2.05) is 25.1 Å². The van der Waals surface area contributed by atoms with E-state index in [0.29, 0.717) is 12.1 Å². The van der Waals surface area contributed by atoms with Crippen molar-refractivity contribution in [3.05, 3.63) is 63.1 Å². The summed E-state index contributed by atoms with van der Waals surface area (Å²) in [5.41, 5.74) is 4.04. The number of nitrogens with one attached hydrogen (secondary N) is 1. The maximum Gasteiger partial charge on any atom is 0.263 e. The van der Waals surface area contributed by atoms with Crippen molar-refractivity contribution in [1.82, 2.24) is 4.57 Å². The van der Waals surface area contributed by atoms with Gasteiger partial charge in [-0.05, 0) is 74.3 Å². The molecule has 1 aliphatic heterocycles. The Bertz CT molecular complexity index is 910. The van der Waals surface area contributed by atoms with Crippen molar-refractivity contribution in [3.63, 3.8) is 0 Å². The van der Waals surface area contributed by atoms with Gasteiger partial charge >= 0.3 is 0 Å². The number of anilines is 1. The molecule has 2 aliphatic rings. The molecule has 1 aromatic carbocycles. The van der Waals surface area contributed by atoms with Crippen LogP contribution in [0.3, 0.4) is 0 Å². The summed E-state index contributed by atoms with van der Waals surface area (Å²) >= 11 is 0. The lowest BCUT2D eigenvalue weighted by molar-refractivity contribution is 0.0952. The van der Waals surface area contributed by atoms with Crippen molar-refractivity contribution >= 4 is 11.6 Å². The quantitative estimate of drug-likeness (QED) is 0.901. The van der Waals surface area contributed by atoms with Crippen molar-refractivity contribution in [1.29, 1.82) is 0 Å². The molecule has 1 fully saturated rings. The van der Waals surface area contributed by atoms with Gasteiger partial charge in [0, 0.05) is 18.5 Å². The molecule has 2 aromatic rings. The summed E-state index contributed by atoms with van der Waals surface area (Å²) < 4.78 is 7.25. The van der Waals surface area contributed by atoms with Crippen LogP contribution in [-0.4, -0.2) is 23.2 Å². The minimum Gasteiger partial charge on any atom is -0.376 e. The van der Waals surface area contributed by atoms with E-state index in [-0.39, 0.29) is 23.1 Å². The van der Waals surface area contributed by atoms with Gasteiger partial charge in [0.15, 0.2) is 0 Å². The largest absolute Gasteiger partial charge is 0.376 e. The van der Waals surface area contributed by atoms with E-state index < -0.39 is 0 Å². The first-order valence-corrected chi connectivity index (χ1v) is 9.87. The second kappa shape index (κ2) is 7.69. The molecule has 27 heavy (non-hydrogen) atoms. The third-order valence-electron chi connectivity index (χ3n) is 5.67. The molecule has 1 aromatic heterocycles. The Balaban J connectivity index is 1.61. The molecule has 1 aliphatic carbocycles. The summed E-state index contributed by atoms with van der Waals surface area (Å²) in [4.78, 5) is 25.9. The number of nitrogens with zero attached hydrogens (tertiary/aromatic N) is 1. The van der Waals surface area contributed by atoms with E-state index in [2.05, 4.69) is 11.4 Å². The van der Waals surface area contributed by atoms with Crippen molar-refractivity contribution in [2.45, 2.75) is 58.1 Å². The molecule has 4 rings (SSSR count). The summed E-state index contributed by atoms with van der Waals surface area (Å²) in [7, 11) is 0. The number of carbonyl (C=O) groups excluding carboxylic acids is 1. The summed E-state index contributed by atoms with van der Waals surface area (Å²) in [6.07, 6.45) is 8.16. The van der Waals surface area contributed by atoms with E-state index in [0.717, 1.165) is 44.4 Å². The van der Waals surface area contributed by atoms with Gasteiger partial charge in [-0.3, -0.25) is 9.59 Å². The molecule has 0 spiro atoms. The average Bonchev–Trinajstić information content (AvgIpc) is 3.18. The van der Waals surface area contributed by atoms with Crippen LogP contribution in [0.15, 0.2) is 35.3 Å². The van der Waals surface area contributed by atoms with Crippen molar-refractivity contribution in [3.8, 4) is 0 Å². The second-order valence-corrected chi connectivity index (χ2v) is 7.57. The molecule has 1 saturated heterocycles. The molecular weight excluding hydrogens is 340 g/mol. The summed E-state index contributed by atoms with van der Waals surface area (Å²) in [5.74, 6) is -0.321. The summed E-state index contributed by atoms with van der Waals surface area (Å²) in [5, 5.41) is 3.01. The normalized spacial score (nSPS) is 18.9. The number of aromatic nitrogens is 1. The average molecular weight is 366 g/mol. The van der Waals surface area contributed by atoms with Crippen LogP contribution in [0.4, 0.5) is 5.69 Å². The second-order valence-electron chi connectivity index (χ2n) is 7.57. The minimum atomic E-state index is -0.321. The first-order chi connectivity index (χ1) is 13.1. The van der Waals surface area contributed by atoms with Gasteiger partial charge in [-0.1, -0.05) is 12.1 Å². The molecule has 2 heterocycles. The van der Waals surface area contributed by atoms with E-state index in [1.54, 1.807) is 10.8 Å². The van der Waals surface area contributed by atoms with Gasteiger partial charge in [0.2, 0.25) is 0 Å². The van der Waals surface area contributed by atoms with Crippen LogP contribution in [0.25, 0.3) is 0 Å². The van der Waals surface area contributed by atoms with E-state index in [1.165, 1.54) is 17.5 Å². The maximum atomic E-state index is 13.0. The van der Waals surface area contributed by atoms with Gasteiger partial charge in [-0.15, -0.1) is 0 Å². The predicted molar refractivity (Wildman–Crippen MR) is 105 cm³/mol. The van der Waals surface area contributed by atoms with Crippen molar-refractivity contribution in [2.24, 2.45) is 0 Å². The lowest BCUT2D eigenvalue weighted by Gasteiger charge is -2.20. The molecule has 0 saturated carbocycles. The monoisotopic (exact) mass is 366 g/mol. The standard InChI is InChI=1S/C22H26N2O3/c1-15-11-12-24(14-17-8-5-13-27-17)22(26)20(15)21(25)23-19-10-4-7-16-6-2-3-9-18(16)19/h4,7,10-12,17H,2-3,5-6,8-9,13-14H2,1H3,(H,23,25). The molecule has 142 valence electrons. The van der Waals surface area contributed by atoms with Crippen LogP contribution in [0.2, 0.25) is 0 Å². The fourth-order valence-electron chi connectivity index (χ4n) is 4.18. The smallest absolute Gasteiger partial charge is 0.263 e. The highest BCUT2D eigenvalue weighted by atomic mass is 16.5. The van der Waals surface area contributed by atoms with Crippen LogP contribution in [0.1, 0.15) is 52.7 Å². The van der Waals surface area contributed by atoms with E-state index >= 15 is 0 Å². The Morgan fingerprint density at radius 3 is 2.89 bits per heavy atom. The molecule has 1 unspecified atom stereocenters. The lowest BCUT2D eigenvalue weighted by atomic mass is 9.90. The predicted octanol–water partition coefficient (Wildman–Crippen LogP) is 3.47. The van der Waals surface area contributed by atoms with Gasteiger partial charge in [0.1, 0.15) is 5.56 Å². The first kappa shape index (κ1) is 18.0. The van der Waals surface area contributed by atoms with Crippen molar-refractivity contribution < 1.29 is 9.53 Å². The van der Waals surface area contributed by atoms with Crippen molar-refractivity contribution in [2.75, 3.05) is 11.9 Å². The SMILES string of the molecule is Cc1ccn(CC2CCCO2)c(=O)c1C(=O)Nc1cccc2c1CCCC2. The number of amides is 1. The number of ether oxygens (including phenoxy) is 1. The third kappa shape index (κ3) is 3.69. The Morgan fingerprint density at radius 2 is 2.07 bits per heavy atom. The van der Waals surface area contributed by atoms with Gasteiger partial charge in [0.25, 0.3) is 11.5 Å². The van der Waals surface area contributed by atoms with Crippen LogP contribution in [0, 0.1) is 6.92 Å². The van der Waals surface area contributed by atoms with Gasteiger partial charge < -0.3 is 14.6 Å². The van der Waals surface area contributed by atoms with Gasteiger partial charge in [0.05, 0.1) is 12.6 Å². The third-order valence-corrected chi connectivity index (χ3v) is 5.67. The highest BCUT2D eigenvalue weighted by Crippen LogP contribution is 2.28. The highest BCUT2D eigenvalue weighted by Gasteiger charge is 2.21. The topological polar surface area (TPSA) is 60.3 Å². The first-order valence-electron chi connectivity index (χ1n) is 9.87. The Hall–Kier alpha value is -2.40. The van der Waals surface area contributed by atoms with Gasteiger partial charge in [-0.25, -0.2) is 0 Å². The molecule has 1 amide bonds.